The van der Waals surface area contributed by atoms with Gasteiger partial charge in [0.1, 0.15) is 41.9 Å². The molecular weight excluding hydrogens is 815 g/mol. The van der Waals surface area contributed by atoms with Gasteiger partial charge in [-0.2, -0.15) is 0 Å². The van der Waals surface area contributed by atoms with E-state index < -0.39 is 28.8 Å². The van der Waals surface area contributed by atoms with Crippen molar-refractivity contribution in [3.8, 4) is 23.0 Å². The van der Waals surface area contributed by atoms with Crippen LogP contribution >= 0.6 is 0 Å². The summed E-state index contributed by atoms with van der Waals surface area (Å²) < 4.78 is 32.3. The van der Waals surface area contributed by atoms with Gasteiger partial charge in [0.2, 0.25) is 5.79 Å². The van der Waals surface area contributed by atoms with Crippen molar-refractivity contribution in [2.75, 3.05) is 52.8 Å². The van der Waals surface area contributed by atoms with Crippen LogP contribution in [0.1, 0.15) is 73.7 Å². The quantitative estimate of drug-likeness (QED) is 0.0265. The zero-order valence-corrected chi connectivity index (χ0v) is 35.5. The number of fused-ring (bicyclic) bond motifs is 2. The SMILES string of the molecule is C=CCO[C@@]12Oc3ccc(Oc4cccc(C=O)c4)cc3[C@H]3[C@H](CCCCO)[C@@H](CCCCO)C=C(C(=NOCC)C[C@@H]1N(CCOCCO)C(=O)Oc1ccc([N+](=O)[O-])cc1)[C@H]32. The molecule has 3 aromatic carbocycles. The van der Waals surface area contributed by atoms with Gasteiger partial charge in [0, 0.05) is 55.4 Å². The van der Waals surface area contributed by atoms with E-state index in [1.807, 2.05) is 19.1 Å². The minimum atomic E-state index is -1.61. The summed E-state index contributed by atoms with van der Waals surface area (Å²) in [6.07, 6.45) is 8.01. The Labute approximate surface area is 366 Å². The second kappa shape index (κ2) is 22.6. The van der Waals surface area contributed by atoms with Crippen molar-refractivity contribution in [1.29, 1.82) is 0 Å². The molecule has 2 aliphatic carbocycles. The van der Waals surface area contributed by atoms with Gasteiger partial charge >= 0.3 is 6.09 Å². The number of allylic oxidation sites excluding steroid dienone is 1. The molecular formula is C47H57N3O13. The zero-order chi connectivity index (χ0) is 44.8. The molecule has 6 rings (SSSR count). The van der Waals surface area contributed by atoms with Crippen molar-refractivity contribution < 1.29 is 58.4 Å². The third-order valence-corrected chi connectivity index (χ3v) is 11.8. The number of nitro groups is 1. The summed E-state index contributed by atoms with van der Waals surface area (Å²) in [5.74, 6) is -1.13. The molecule has 1 aliphatic heterocycles. The number of amides is 1. The van der Waals surface area contributed by atoms with E-state index >= 15 is 0 Å². The average molecular weight is 872 g/mol. The maximum absolute atomic E-state index is 14.7. The molecule has 63 heavy (non-hydrogen) atoms. The molecule has 1 fully saturated rings. The second-order valence-electron chi connectivity index (χ2n) is 15.6. The van der Waals surface area contributed by atoms with Crippen LogP contribution in [-0.4, -0.2) is 108 Å². The van der Waals surface area contributed by atoms with E-state index in [0.717, 1.165) is 30.3 Å². The molecule has 3 aromatic rings. The third kappa shape index (κ3) is 10.9. The predicted molar refractivity (Wildman–Crippen MR) is 232 cm³/mol. The molecule has 16 heteroatoms. The number of benzene rings is 3. The number of oxime groups is 1. The Morgan fingerprint density at radius 3 is 2.43 bits per heavy atom. The number of carbonyl (C=O) groups excluding carboxylic acids is 2. The number of nitro benzene ring substituents is 1. The lowest BCUT2D eigenvalue weighted by Gasteiger charge is -2.59. The van der Waals surface area contributed by atoms with Crippen molar-refractivity contribution in [2.24, 2.45) is 22.9 Å². The van der Waals surface area contributed by atoms with E-state index in [2.05, 4.69) is 12.7 Å². The van der Waals surface area contributed by atoms with Crippen molar-refractivity contribution in [1.82, 2.24) is 4.90 Å². The molecule has 0 bridgehead atoms. The van der Waals surface area contributed by atoms with Gasteiger partial charge in [0.25, 0.3) is 5.69 Å². The third-order valence-electron chi connectivity index (χ3n) is 11.8. The Morgan fingerprint density at radius 1 is 0.984 bits per heavy atom. The highest BCUT2D eigenvalue weighted by Crippen LogP contribution is 2.62. The Hall–Kier alpha value is -5.65. The highest BCUT2D eigenvalue weighted by Gasteiger charge is 2.65. The molecule has 1 amide bonds. The van der Waals surface area contributed by atoms with Gasteiger partial charge in [-0.05, 0) is 92.5 Å². The molecule has 1 saturated carbocycles. The van der Waals surface area contributed by atoms with E-state index in [0.29, 0.717) is 54.2 Å². The van der Waals surface area contributed by atoms with Crippen molar-refractivity contribution in [2.45, 2.75) is 69.6 Å². The van der Waals surface area contributed by atoms with Crippen LogP contribution in [0, 0.1) is 27.9 Å². The molecule has 16 nitrogen and oxygen atoms in total. The maximum Gasteiger partial charge on any atom is 0.415 e. The van der Waals surface area contributed by atoms with Crippen molar-refractivity contribution in [3.63, 3.8) is 0 Å². The molecule has 0 spiro atoms. The summed E-state index contributed by atoms with van der Waals surface area (Å²) in [7, 11) is 0. The smallest absolute Gasteiger partial charge is 0.415 e. The van der Waals surface area contributed by atoms with Gasteiger partial charge < -0.3 is 43.8 Å². The first-order chi connectivity index (χ1) is 30.7. The number of carbonyl (C=O) groups is 2. The van der Waals surface area contributed by atoms with Gasteiger partial charge in [-0.3, -0.25) is 19.8 Å². The van der Waals surface area contributed by atoms with Crippen LogP contribution in [0.25, 0.3) is 0 Å². The molecule has 0 aromatic heterocycles. The fourth-order valence-corrected chi connectivity index (χ4v) is 9.14. The first-order valence-electron chi connectivity index (χ1n) is 21.6. The van der Waals surface area contributed by atoms with E-state index in [1.54, 1.807) is 36.4 Å². The Kier molecular flexibility index (Phi) is 16.8. The fourth-order valence-electron chi connectivity index (χ4n) is 9.14. The topological polar surface area (TPSA) is 209 Å². The highest BCUT2D eigenvalue weighted by atomic mass is 16.7. The number of ether oxygens (including phenoxy) is 5. The molecule has 3 aliphatic rings. The number of aliphatic hydroxyl groups is 3. The monoisotopic (exact) mass is 871 g/mol. The standard InChI is InChI=1S/C47H57N3O13/c1-3-24-59-47-43(49(20-25-58-26-23-53)46(55)62-35-16-14-34(15-17-35)50(56)57)30-41(48-60-4-2)39-28-33(11-5-7-21-51)38(13-6-8-22-52)44(45(39)47)40-29-37(18-19-42(40)63-47)61-36-12-9-10-32(27-36)31-54/h3,9-10,12,14-19,27-29,31,33,38,43-45,51-53H,1,4-8,11,13,20-26,30H2,2H3/t33-,38+,43-,44+,45+,47+/m0/s1. The number of hydrogen-bond acceptors (Lipinski definition) is 14. The number of unbranched alkanes of at least 4 members (excludes halogenated alkanes) is 2. The van der Waals surface area contributed by atoms with Crippen LogP contribution in [-0.2, 0) is 14.3 Å². The first-order valence-corrected chi connectivity index (χ1v) is 21.6. The van der Waals surface area contributed by atoms with Crippen LogP contribution in [0.3, 0.4) is 0 Å². The molecule has 1 heterocycles. The van der Waals surface area contributed by atoms with Crippen molar-refractivity contribution >= 4 is 23.8 Å². The number of aldehydes is 1. The van der Waals surface area contributed by atoms with E-state index in [9.17, 15) is 35.0 Å². The largest absolute Gasteiger partial charge is 0.459 e. The van der Waals surface area contributed by atoms with Crippen LogP contribution in [0.15, 0.2) is 96.2 Å². The molecule has 0 unspecified atom stereocenters. The van der Waals surface area contributed by atoms with Gasteiger partial charge in [-0.25, -0.2) is 4.79 Å². The lowest BCUT2D eigenvalue weighted by Crippen LogP contribution is -2.70. The summed E-state index contributed by atoms with van der Waals surface area (Å²) in [5, 5.41) is 45.5. The average Bonchev–Trinajstić information content (AvgIpc) is 3.29. The Morgan fingerprint density at radius 2 is 1.73 bits per heavy atom. The van der Waals surface area contributed by atoms with Gasteiger partial charge in [-0.15, -0.1) is 6.58 Å². The summed E-state index contributed by atoms with van der Waals surface area (Å²) in [4.78, 5) is 44.4. The molecule has 6 atom stereocenters. The molecule has 338 valence electrons. The van der Waals surface area contributed by atoms with Gasteiger partial charge in [-0.1, -0.05) is 42.3 Å². The lowest BCUT2D eigenvalue weighted by atomic mass is 9.55. The van der Waals surface area contributed by atoms with Crippen LogP contribution < -0.4 is 14.2 Å². The molecule has 3 N–H and O–H groups in total. The zero-order valence-electron chi connectivity index (χ0n) is 35.5. The minimum absolute atomic E-state index is 0.00199. The van der Waals surface area contributed by atoms with Crippen molar-refractivity contribution in [3.05, 3.63) is 112 Å². The summed E-state index contributed by atoms with van der Waals surface area (Å²) in [6, 6.07) is 16.6. The second-order valence-corrected chi connectivity index (χ2v) is 15.6. The summed E-state index contributed by atoms with van der Waals surface area (Å²) >= 11 is 0. The Balaban J connectivity index is 1.56. The number of rotatable bonds is 24. The molecule has 0 saturated heterocycles. The van der Waals surface area contributed by atoms with Crippen LogP contribution in [0.4, 0.5) is 10.5 Å². The normalized spacial score (nSPS) is 22.8. The molecule has 0 radical (unpaired) electrons. The maximum atomic E-state index is 14.7. The number of aliphatic hydroxyl groups excluding tert-OH is 3. The highest BCUT2D eigenvalue weighted by molar-refractivity contribution is 6.03. The minimum Gasteiger partial charge on any atom is -0.459 e. The van der Waals surface area contributed by atoms with Gasteiger partial charge in [0.05, 0.1) is 43.0 Å². The van der Waals surface area contributed by atoms with E-state index in [4.69, 9.17) is 33.7 Å². The van der Waals surface area contributed by atoms with Crippen LogP contribution in [0.5, 0.6) is 23.0 Å². The summed E-state index contributed by atoms with van der Waals surface area (Å²) in [6.45, 7) is 5.90. The predicted octanol–water partition coefficient (Wildman–Crippen LogP) is 7.36. The first kappa shape index (κ1) is 46.8. The van der Waals surface area contributed by atoms with E-state index in [-0.39, 0.29) is 88.4 Å². The lowest BCUT2D eigenvalue weighted by molar-refractivity contribution is -0.384. The van der Waals surface area contributed by atoms with Gasteiger partial charge in [0.15, 0.2) is 0 Å². The summed E-state index contributed by atoms with van der Waals surface area (Å²) in [5.41, 5.74) is 2.52. The number of hydrogen-bond donors (Lipinski definition) is 3. The number of non-ortho nitro benzene ring substituents is 1. The van der Waals surface area contributed by atoms with E-state index in [1.165, 1.54) is 29.2 Å². The fraction of sp³-hybridized carbons (Fsp3) is 0.468. The van der Waals surface area contributed by atoms with Crippen LogP contribution in [0.2, 0.25) is 0 Å². The number of nitrogens with zero attached hydrogens (tertiary/aromatic N) is 3. The Bertz CT molecular complexity index is 2090.